The van der Waals surface area contributed by atoms with Gasteiger partial charge in [0.15, 0.2) is 0 Å². The molecule has 0 bridgehead atoms. The molecule has 0 saturated carbocycles. The van der Waals surface area contributed by atoms with Crippen LogP contribution in [0.2, 0.25) is 5.02 Å². The summed E-state index contributed by atoms with van der Waals surface area (Å²) in [5.41, 5.74) is 0.410. The lowest BCUT2D eigenvalue weighted by molar-refractivity contribution is 0.0458. The number of ether oxygens (including phenoxy) is 1. The molecule has 5 heteroatoms. The minimum Gasteiger partial charge on any atom is -0.381 e. The SMILES string of the molecule is Fc1c(Cl)cccc1CNC1(CCl)CCOCC1. The Morgan fingerprint density at radius 1 is 1.33 bits per heavy atom. The van der Waals surface area contributed by atoms with Crippen LogP contribution in [0.4, 0.5) is 4.39 Å². The van der Waals surface area contributed by atoms with Crippen LogP contribution in [0.25, 0.3) is 0 Å². The molecule has 0 unspecified atom stereocenters. The first kappa shape index (κ1) is 14.1. The molecule has 0 spiro atoms. The number of alkyl halides is 1. The Kier molecular flexibility index (Phi) is 4.84. The average Bonchev–Trinajstić information content (AvgIpc) is 2.41. The fraction of sp³-hybridized carbons (Fsp3) is 0.538. The highest BCUT2D eigenvalue weighted by molar-refractivity contribution is 6.30. The molecule has 0 aliphatic carbocycles. The van der Waals surface area contributed by atoms with Crippen LogP contribution in [0, 0.1) is 5.82 Å². The lowest BCUT2D eigenvalue weighted by atomic mass is 9.92. The molecule has 0 amide bonds. The second-order valence-corrected chi connectivity index (χ2v) is 5.27. The van der Waals surface area contributed by atoms with Crippen molar-refractivity contribution in [3.63, 3.8) is 0 Å². The van der Waals surface area contributed by atoms with Gasteiger partial charge in [0.2, 0.25) is 0 Å². The molecule has 18 heavy (non-hydrogen) atoms. The van der Waals surface area contributed by atoms with Crippen molar-refractivity contribution in [1.82, 2.24) is 5.32 Å². The largest absolute Gasteiger partial charge is 0.381 e. The zero-order valence-corrected chi connectivity index (χ0v) is 11.5. The minimum atomic E-state index is -0.358. The quantitative estimate of drug-likeness (QED) is 0.859. The Labute approximate surface area is 116 Å². The molecule has 1 aliphatic heterocycles. The lowest BCUT2D eigenvalue weighted by Gasteiger charge is -2.36. The predicted molar refractivity (Wildman–Crippen MR) is 71.8 cm³/mol. The third-order valence-corrected chi connectivity index (χ3v) is 4.19. The maximum Gasteiger partial charge on any atom is 0.146 e. The fourth-order valence-corrected chi connectivity index (χ4v) is 2.64. The zero-order valence-electron chi connectivity index (χ0n) is 10.0. The van der Waals surface area contributed by atoms with Gasteiger partial charge in [0.25, 0.3) is 0 Å². The molecule has 0 aromatic heterocycles. The highest BCUT2D eigenvalue weighted by Gasteiger charge is 2.31. The molecule has 1 aliphatic rings. The monoisotopic (exact) mass is 291 g/mol. The van der Waals surface area contributed by atoms with Crippen molar-refractivity contribution in [3.05, 3.63) is 34.6 Å². The van der Waals surface area contributed by atoms with Crippen LogP contribution < -0.4 is 5.32 Å². The van der Waals surface area contributed by atoms with E-state index in [9.17, 15) is 4.39 Å². The van der Waals surface area contributed by atoms with E-state index in [1.165, 1.54) is 0 Å². The second-order valence-electron chi connectivity index (χ2n) is 4.59. The lowest BCUT2D eigenvalue weighted by Crippen LogP contribution is -2.50. The average molecular weight is 292 g/mol. The van der Waals surface area contributed by atoms with E-state index in [-0.39, 0.29) is 16.4 Å². The summed E-state index contributed by atoms with van der Waals surface area (Å²) in [5, 5.41) is 3.51. The summed E-state index contributed by atoms with van der Waals surface area (Å²) in [6.07, 6.45) is 1.69. The number of rotatable bonds is 4. The summed E-state index contributed by atoms with van der Waals surface area (Å²) < 4.78 is 19.1. The highest BCUT2D eigenvalue weighted by atomic mass is 35.5. The maximum atomic E-state index is 13.8. The van der Waals surface area contributed by atoms with E-state index < -0.39 is 0 Å². The summed E-state index contributed by atoms with van der Waals surface area (Å²) in [6, 6.07) is 5.03. The molecule has 1 heterocycles. The molecule has 0 atom stereocenters. The van der Waals surface area contributed by atoms with Crippen molar-refractivity contribution in [1.29, 1.82) is 0 Å². The Morgan fingerprint density at radius 3 is 2.72 bits per heavy atom. The van der Waals surface area contributed by atoms with Crippen molar-refractivity contribution in [2.75, 3.05) is 19.1 Å². The van der Waals surface area contributed by atoms with Gasteiger partial charge in [-0.15, -0.1) is 11.6 Å². The van der Waals surface area contributed by atoms with Gasteiger partial charge in [-0.1, -0.05) is 23.7 Å². The molecule has 100 valence electrons. The van der Waals surface area contributed by atoms with Crippen LogP contribution in [-0.4, -0.2) is 24.6 Å². The van der Waals surface area contributed by atoms with Gasteiger partial charge in [-0.2, -0.15) is 0 Å². The first-order valence-corrected chi connectivity index (χ1v) is 6.90. The van der Waals surface area contributed by atoms with Crippen LogP contribution in [0.15, 0.2) is 18.2 Å². The van der Waals surface area contributed by atoms with Gasteiger partial charge in [0, 0.05) is 36.7 Å². The third-order valence-electron chi connectivity index (χ3n) is 3.39. The Bertz CT molecular complexity index is 408. The van der Waals surface area contributed by atoms with E-state index in [0.717, 1.165) is 12.8 Å². The second kappa shape index (κ2) is 6.20. The summed E-state index contributed by atoms with van der Waals surface area (Å²) in [5.74, 6) is 0.141. The van der Waals surface area contributed by atoms with Crippen molar-refractivity contribution < 1.29 is 9.13 Å². The van der Waals surface area contributed by atoms with E-state index in [2.05, 4.69) is 5.32 Å². The molecule has 1 aromatic carbocycles. The molecule has 0 radical (unpaired) electrons. The molecule has 2 rings (SSSR count). The van der Waals surface area contributed by atoms with Crippen LogP contribution in [0.5, 0.6) is 0 Å². The normalized spacial score (nSPS) is 18.8. The molecule has 2 nitrogen and oxygen atoms in total. The summed E-state index contributed by atoms with van der Waals surface area (Å²) in [7, 11) is 0. The molecule has 1 N–H and O–H groups in total. The molecule has 1 fully saturated rings. The fourth-order valence-electron chi connectivity index (χ4n) is 2.09. The zero-order chi connectivity index (χ0) is 13.0. The Morgan fingerprint density at radius 2 is 2.06 bits per heavy atom. The van der Waals surface area contributed by atoms with Crippen LogP contribution in [-0.2, 0) is 11.3 Å². The van der Waals surface area contributed by atoms with E-state index >= 15 is 0 Å². The summed E-state index contributed by atoms with van der Waals surface area (Å²) >= 11 is 11.8. The van der Waals surface area contributed by atoms with Crippen LogP contribution in [0.1, 0.15) is 18.4 Å². The Hall–Kier alpha value is -0.350. The number of nitrogens with one attached hydrogen (secondary N) is 1. The molecular formula is C13H16Cl2FNO. The highest BCUT2D eigenvalue weighted by Crippen LogP contribution is 2.24. The Balaban J connectivity index is 2.03. The van der Waals surface area contributed by atoms with E-state index in [4.69, 9.17) is 27.9 Å². The van der Waals surface area contributed by atoms with Gasteiger partial charge in [-0.3, -0.25) is 0 Å². The summed E-state index contributed by atoms with van der Waals surface area (Å²) in [4.78, 5) is 0. The van der Waals surface area contributed by atoms with Gasteiger partial charge in [0.1, 0.15) is 5.82 Å². The van der Waals surface area contributed by atoms with Crippen molar-refractivity contribution in [2.45, 2.75) is 24.9 Å². The number of hydrogen-bond donors (Lipinski definition) is 1. The van der Waals surface area contributed by atoms with Gasteiger partial charge in [-0.05, 0) is 18.9 Å². The smallest absolute Gasteiger partial charge is 0.146 e. The standard InChI is InChI=1S/C13H16Cl2FNO/c14-9-13(4-6-18-7-5-13)17-8-10-2-1-3-11(15)12(10)16/h1-3,17H,4-9H2. The van der Waals surface area contributed by atoms with Gasteiger partial charge in [0.05, 0.1) is 5.02 Å². The number of hydrogen-bond acceptors (Lipinski definition) is 2. The van der Waals surface area contributed by atoms with Gasteiger partial charge < -0.3 is 10.1 Å². The van der Waals surface area contributed by atoms with E-state index in [1.807, 2.05) is 0 Å². The number of benzene rings is 1. The maximum absolute atomic E-state index is 13.8. The first-order valence-electron chi connectivity index (χ1n) is 5.98. The molecular weight excluding hydrogens is 276 g/mol. The molecule has 1 aromatic rings. The van der Waals surface area contributed by atoms with Crippen LogP contribution >= 0.6 is 23.2 Å². The predicted octanol–water partition coefficient (Wildman–Crippen LogP) is 3.36. The molecule has 1 saturated heterocycles. The van der Waals surface area contributed by atoms with Crippen molar-refractivity contribution in [2.24, 2.45) is 0 Å². The van der Waals surface area contributed by atoms with E-state index in [0.29, 0.717) is 31.2 Å². The third kappa shape index (κ3) is 3.15. The minimum absolute atomic E-state index is 0.154. The van der Waals surface area contributed by atoms with E-state index in [1.54, 1.807) is 18.2 Å². The topological polar surface area (TPSA) is 21.3 Å². The first-order chi connectivity index (χ1) is 8.67. The van der Waals surface area contributed by atoms with Crippen molar-refractivity contribution in [3.8, 4) is 0 Å². The number of halogens is 3. The van der Waals surface area contributed by atoms with Gasteiger partial charge >= 0.3 is 0 Å². The van der Waals surface area contributed by atoms with Gasteiger partial charge in [-0.25, -0.2) is 4.39 Å². The van der Waals surface area contributed by atoms with Crippen LogP contribution in [0.3, 0.4) is 0 Å². The summed E-state index contributed by atoms with van der Waals surface area (Å²) in [6.45, 7) is 1.81. The van der Waals surface area contributed by atoms with Crippen molar-refractivity contribution >= 4 is 23.2 Å².